The first-order valence-corrected chi connectivity index (χ1v) is 20.5. The standard InChI is InChI=1S/C37H58N6O8S/c1-26(51-36(47)50-25-28-14-9-6-10-15-28)22-37(2,3)35(46)40-24-30-20-29(17-19-43(30)38)23-39-33(44)32-16-11-18-42(32)34(45)31(41-52(4,48)49)21-27-12-7-5-8-13-27/h5,7-8,12-13,24,26,28-32,41H,6,9-11,14-23,25,38H2,1-4H3,(H,39,44)/b40-24+/t26?,29?,30?,31-,32+/m1/s1. The number of rotatable bonds is 15. The molecule has 2 aliphatic heterocycles. The monoisotopic (exact) mass is 746 g/mol. The van der Waals surface area contributed by atoms with Gasteiger partial charge in [-0.3, -0.25) is 20.2 Å². The van der Waals surface area contributed by atoms with Gasteiger partial charge in [0.25, 0.3) is 5.91 Å². The smallest absolute Gasteiger partial charge is 0.434 e. The van der Waals surface area contributed by atoms with Crippen LogP contribution >= 0.6 is 0 Å². The number of amides is 3. The Morgan fingerprint density at radius 2 is 1.73 bits per heavy atom. The molecule has 2 heterocycles. The minimum absolute atomic E-state index is 0.0552. The average molecular weight is 747 g/mol. The van der Waals surface area contributed by atoms with Crippen molar-refractivity contribution in [1.82, 2.24) is 19.9 Å². The number of nitrogens with zero attached hydrogens (tertiary/aromatic N) is 3. The zero-order valence-corrected chi connectivity index (χ0v) is 31.9. The SMILES string of the molecule is CC(CC(C)(C)C(=O)/N=C/C1CC(CNC(=O)[C@@H]2CCCN2C(=O)[C@@H](Cc2ccccc2)NS(C)(=O)=O)CCN1N)OC(=O)OCC1CCCCC1. The lowest BCUT2D eigenvalue weighted by Crippen LogP contribution is -2.55. The Kier molecular flexibility index (Phi) is 15.2. The van der Waals surface area contributed by atoms with Crippen LogP contribution in [0.4, 0.5) is 4.79 Å². The summed E-state index contributed by atoms with van der Waals surface area (Å²) in [5, 5.41) is 4.65. The number of likely N-dealkylation sites (tertiary alicyclic amines) is 1. The fraction of sp³-hybridized carbons (Fsp3) is 0.703. The molecule has 1 aromatic rings. The average Bonchev–Trinajstić information content (AvgIpc) is 3.59. The van der Waals surface area contributed by atoms with E-state index in [9.17, 15) is 27.6 Å². The lowest BCUT2D eigenvalue weighted by molar-refractivity contribution is -0.139. The van der Waals surface area contributed by atoms with Gasteiger partial charge in [-0.1, -0.05) is 63.4 Å². The predicted octanol–water partition coefficient (Wildman–Crippen LogP) is 3.34. The largest absolute Gasteiger partial charge is 0.508 e. The number of nitrogens with two attached hydrogens (primary N) is 1. The second-order valence-electron chi connectivity index (χ2n) is 15.4. The van der Waals surface area contributed by atoms with Crippen molar-refractivity contribution in [1.29, 1.82) is 0 Å². The molecule has 1 saturated carbocycles. The molecular weight excluding hydrogens is 689 g/mol. The molecule has 0 spiro atoms. The highest BCUT2D eigenvalue weighted by Gasteiger charge is 2.39. The van der Waals surface area contributed by atoms with Crippen LogP contribution in [0.15, 0.2) is 35.3 Å². The van der Waals surface area contributed by atoms with Gasteiger partial charge < -0.3 is 19.7 Å². The van der Waals surface area contributed by atoms with E-state index in [1.165, 1.54) is 11.3 Å². The van der Waals surface area contributed by atoms with Crippen LogP contribution in [0, 0.1) is 17.3 Å². The number of carbonyl (C=O) groups excluding carboxylic acids is 4. The summed E-state index contributed by atoms with van der Waals surface area (Å²) in [5.74, 6) is 5.64. The normalized spacial score (nSPS) is 23.2. The maximum atomic E-state index is 13.6. The Morgan fingerprint density at radius 3 is 2.42 bits per heavy atom. The summed E-state index contributed by atoms with van der Waals surface area (Å²) in [6.07, 6.45) is 9.80. The van der Waals surface area contributed by atoms with Gasteiger partial charge in [-0.25, -0.2) is 27.9 Å². The predicted molar refractivity (Wildman–Crippen MR) is 197 cm³/mol. The van der Waals surface area contributed by atoms with Crippen molar-refractivity contribution in [3.8, 4) is 0 Å². The highest BCUT2D eigenvalue weighted by molar-refractivity contribution is 7.88. The fourth-order valence-electron chi connectivity index (χ4n) is 7.49. The third kappa shape index (κ3) is 12.9. The molecule has 52 heavy (non-hydrogen) atoms. The van der Waals surface area contributed by atoms with Gasteiger partial charge in [-0.2, -0.15) is 0 Å². The van der Waals surface area contributed by atoms with Gasteiger partial charge in [0.2, 0.25) is 21.8 Å². The van der Waals surface area contributed by atoms with Gasteiger partial charge in [0.15, 0.2) is 0 Å². The maximum absolute atomic E-state index is 13.6. The van der Waals surface area contributed by atoms with E-state index in [0.29, 0.717) is 51.4 Å². The summed E-state index contributed by atoms with van der Waals surface area (Å²) < 4.78 is 37.5. The van der Waals surface area contributed by atoms with E-state index < -0.39 is 45.7 Å². The van der Waals surface area contributed by atoms with E-state index in [0.717, 1.165) is 43.9 Å². The molecule has 1 aromatic carbocycles. The van der Waals surface area contributed by atoms with Gasteiger partial charge in [0.05, 0.1) is 18.9 Å². The van der Waals surface area contributed by atoms with Crippen molar-refractivity contribution in [3.63, 3.8) is 0 Å². The number of benzene rings is 1. The molecule has 15 heteroatoms. The maximum Gasteiger partial charge on any atom is 0.508 e. The van der Waals surface area contributed by atoms with Gasteiger partial charge in [-0.05, 0) is 75.7 Å². The molecule has 1 aliphatic carbocycles. The van der Waals surface area contributed by atoms with E-state index >= 15 is 0 Å². The number of nitrogens with one attached hydrogen (secondary N) is 2. The summed E-state index contributed by atoms with van der Waals surface area (Å²) in [6, 6.07) is 7.08. The second-order valence-corrected chi connectivity index (χ2v) is 17.2. The van der Waals surface area contributed by atoms with Crippen LogP contribution < -0.4 is 15.9 Å². The van der Waals surface area contributed by atoms with E-state index in [4.69, 9.17) is 15.3 Å². The Labute approximate surface area is 308 Å². The zero-order valence-electron chi connectivity index (χ0n) is 31.1. The molecule has 5 atom stereocenters. The summed E-state index contributed by atoms with van der Waals surface area (Å²) in [6.45, 7) is 6.87. The van der Waals surface area contributed by atoms with Crippen molar-refractivity contribution in [3.05, 3.63) is 35.9 Å². The van der Waals surface area contributed by atoms with Gasteiger partial charge in [0.1, 0.15) is 18.2 Å². The molecule has 3 fully saturated rings. The number of sulfonamides is 1. The van der Waals surface area contributed by atoms with E-state index in [-0.39, 0.29) is 36.6 Å². The highest BCUT2D eigenvalue weighted by atomic mass is 32.2. The lowest BCUT2D eigenvalue weighted by Gasteiger charge is -2.35. The number of carbonyl (C=O) groups is 4. The molecule has 2 saturated heterocycles. The number of hydrogen-bond acceptors (Lipinski definition) is 10. The van der Waals surface area contributed by atoms with Crippen molar-refractivity contribution in [2.75, 3.05) is 32.5 Å². The van der Waals surface area contributed by atoms with Crippen LogP contribution in [-0.2, 0) is 40.3 Å². The number of hydrogen-bond donors (Lipinski definition) is 3. The van der Waals surface area contributed by atoms with Crippen LogP contribution in [0.1, 0.15) is 90.5 Å². The minimum Gasteiger partial charge on any atom is -0.434 e. The summed E-state index contributed by atoms with van der Waals surface area (Å²) in [5.41, 5.74) is -0.0973. The van der Waals surface area contributed by atoms with Crippen LogP contribution in [0.3, 0.4) is 0 Å². The van der Waals surface area contributed by atoms with Crippen molar-refractivity contribution < 1.29 is 37.1 Å². The first-order chi connectivity index (χ1) is 24.6. The van der Waals surface area contributed by atoms with Gasteiger partial charge >= 0.3 is 6.16 Å². The third-order valence-corrected chi connectivity index (χ3v) is 11.0. The first kappa shape index (κ1) is 41.4. The Bertz CT molecular complexity index is 1500. The van der Waals surface area contributed by atoms with Gasteiger partial charge in [-0.15, -0.1) is 0 Å². The topological polar surface area (TPSA) is 190 Å². The first-order valence-electron chi connectivity index (χ1n) is 18.6. The Morgan fingerprint density at radius 1 is 1.02 bits per heavy atom. The zero-order chi connectivity index (χ0) is 37.9. The molecular formula is C37H58N6O8S. The molecule has 14 nitrogen and oxygen atoms in total. The van der Waals surface area contributed by atoms with Crippen molar-refractivity contribution in [2.45, 2.75) is 116 Å². The van der Waals surface area contributed by atoms with E-state index in [1.54, 1.807) is 32.0 Å². The van der Waals surface area contributed by atoms with Crippen LogP contribution in [0.2, 0.25) is 0 Å². The molecule has 4 rings (SSSR count). The van der Waals surface area contributed by atoms with Crippen LogP contribution in [0.5, 0.6) is 0 Å². The molecule has 3 aliphatic rings. The van der Waals surface area contributed by atoms with Crippen molar-refractivity contribution in [2.24, 2.45) is 28.1 Å². The Balaban J connectivity index is 1.26. The highest BCUT2D eigenvalue weighted by Crippen LogP contribution is 2.28. The summed E-state index contributed by atoms with van der Waals surface area (Å²) in [7, 11) is -3.69. The quantitative estimate of drug-likeness (QED) is 0.136. The van der Waals surface area contributed by atoms with Crippen molar-refractivity contribution >= 4 is 40.1 Å². The molecule has 0 aromatic heterocycles. The molecule has 0 bridgehead atoms. The number of ether oxygens (including phenoxy) is 2. The van der Waals surface area contributed by atoms with E-state index in [2.05, 4.69) is 15.0 Å². The minimum atomic E-state index is -3.69. The van der Waals surface area contributed by atoms with Crippen LogP contribution in [-0.4, -0.2) is 105 Å². The summed E-state index contributed by atoms with van der Waals surface area (Å²) in [4.78, 5) is 58.2. The molecule has 3 unspecified atom stereocenters. The lowest BCUT2D eigenvalue weighted by atomic mass is 9.86. The van der Waals surface area contributed by atoms with E-state index in [1.807, 2.05) is 30.3 Å². The number of aliphatic imine (C=N–C) groups is 1. The molecule has 4 N–H and O–H groups in total. The molecule has 0 radical (unpaired) electrons. The third-order valence-electron chi connectivity index (χ3n) is 10.3. The molecule has 3 amide bonds. The fourth-order valence-corrected chi connectivity index (χ4v) is 8.19. The Hall–Kier alpha value is -3.40. The van der Waals surface area contributed by atoms with Gasteiger partial charge in [0, 0.05) is 31.3 Å². The number of piperidine rings is 1. The second kappa shape index (κ2) is 19.1. The van der Waals surface area contributed by atoms with Crippen LogP contribution in [0.25, 0.3) is 0 Å². The number of hydrazine groups is 1. The summed E-state index contributed by atoms with van der Waals surface area (Å²) >= 11 is 0. The molecule has 290 valence electrons.